The molecule has 1 aromatic rings. The highest BCUT2D eigenvalue weighted by molar-refractivity contribution is 6.89. The number of ether oxygens (including phenoxy) is 2. The molecule has 0 aromatic heterocycles. The molecule has 0 unspecified atom stereocenters. The summed E-state index contributed by atoms with van der Waals surface area (Å²) in [6.45, 7) is 7.82. The highest BCUT2D eigenvalue weighted by Gasteiger charge is 2.27. The Morgan fingerprint density at radius 3 is 2.38 bits per heavy atom. The van der Waals surface area contributed by atoms with Crippen LogP contribution >= 0.6 is 0 Å². The second kappa shape index (κ2) is 4.28. The summed E-state index contributed by atoms with van der Waals surface area (Å²) in [5, 5.41) is 1.08. The molecule has 0 amide bonds. The molecule has 1 aliphatic heterocycles. The van der Waals surface area contributed by atoms with Crippen molar-refractivity contribution >= 4 is 13.3 Å². The molecule has 16 heavy (non-hydrogen) atoms. The molecule has 1 aliphatic rings. The second-order valence-electron chi connectivity index (χ2n) is 5.06. The predicted molar refractivity (Wildman–Crippen MR) is 64.0 cm³/mol. The molecule has 1 saturated heterocycles. The highest BCUT2D eigenvalue weighted by Crippen LogP contribution is 2.24. The maximum Gasteiger partial charge on any atom is 0.183 e. The lowest BCUT2D eigenvalue weighted by Crippen LogP contribution is -2.41. The van der Waals surface area contributed by atoms with Gasteiger partial charge in [-0.2, -0.15) is 0 Å². The van der Waals surface area contributed by atoms with Crippen molar-refractivity contribution in [2.75, 3.05) is 13.2 Å². The van der Waals surface area contributed by atoms with Crippen LogP contribution < -0.4 is 5.19 Å². The van der Waals surface area contributed by atoms with Gasteiger partial charge in [0.25, 0.3) is 0 Å². The summed E-state index contributed by atoms with van der Waals surface area (Å²) in [5.41, 5.74) is 0.998. The van der Waals surface area contributed by atoms with Gasteiger partial charge < -0.3 is 9.47 Å². The van der Waals surface area contributed by atoms with Crippen molar-refractivity contribution in [1.82, 2.24) is 0 Å². The summed E-state index contributed by atoms with van der Waals surface area (Å²) < 4.78 is 24.3. The van der Waals surface area contributed by atoms with E-state index in [2.05, 4.69) is 19.6 Å². The quantitative estimate of drug-likeness (QED) is 0.739. The largest absolute Gasteiger partial charge is 0.346 e. The van der Waals surface area contributed by atoms with E-state index in [1.807, 2.05) is 0 Å². The maximum absolute atomic E-state index is 13.3. The van der Waals surface area contributed by atoms with Crippen molar-refractivity contribution in [3.63, 3.8) is 0 Å². The Hall–Kier alpha value is -0.713. The number of hydrogen-bond donors (Lipinski definition) is 0. The van der Waals surface area contributed by atoms with E-state index < -0.39 is 8.07 Å². The third kappa shape index (κ3) is 2.34. The molecule has 0 aliphatic carbocycles. The van der Waals surface area contributed by atoms with Crippen molar-refractivity contribution < 1.29 is 13.9 Å². The number of rotatable bonds is 2. The Balaban J connectivity index is 2.43. The third-order valence-electron chi connectivity index (χ3n) is 2.70. The minimum Gasteiger partial charge on any atom is -0.346 e. The Labute approximate surface area is 96.4 Å². The SMILES string of the molecule is C[Si](C)(C)c1cc(F)ccc1C1OCCO1. The van der Waals surface area contributed by atoms with Crippen LogP contribution in [0.3, 0.4) is 0 Å². The maximum atomic E-state index is 13.3. The molecule has 1 fully saturated rings. The fraction of sp³-hybridized carbons (Fsp3) is 0.500. The number of hydrogen-bond acceptors (Lipinski definition) is 2. The second-order valence-corrected chi connectivity index (χ2v) is 10.1. The van der Waals surface area contributed by atoms with E-state index in [4.69, 9.17) is 9.47 Å². The normalized spacial score (nSPS) is 18.0. The average molecular weight is 240 g/mol. The van der Waals surface area contributed by atoms with E-state index in [9.17, 15) is 4.39 Å². The van der Waals surface area contributed by atoms with Gasteiger partial charge in [-0.05, 0) is 17.3 Å². The van der Waals surface area contributed by atoms with Gasteiger partial charge in [0.1, 0.15) is 5.82 Å². The van der Waals surface area contributed by atoms with Crippen LogP contribution in [0.1, 0.15) is 11.9 Å². The van der Waals surface area contributed by atoms with E-state index in [0.717, 1.165) is 10.8 Å². The molecule has 0 N–H and O–H groups in total. The van der Waals surface area contributed by atoms with Gasteiger partial charge in [0.05, 0.1) is 21.3 Å². The van der Waals surface area contributed by atoms with Crippen LogP contribution in [0.15, 0.2) is 18.2 Å². The summed E-state index contributed by atoms with van der Waals surface area (Å²) in [5.74, 6) is -0.181. The Morgan fingerprint density at radius 1 is 1.19 bits per heavy atom. The molecule has 0 spiro atoms. The molecular formula is C12H17FO2Si. The molecule has 4 heteroatoms. The smallest absolute Gasteiger partial charge is 0.183 e. The minimum atomic E-state index is -1.58. The molecule has 0 saturated carbocycles. The molecule has 2 rings (SSSR count). The lowest BCUT2D eigenvalue weighted by Gasteiger charge is -2.23. The zero-order valence-corrected chi connectivity index (χ0v) is 10.9. The van der Waals surface area contributed by atoms with Crippen molar-refractivity contribution in [3.8, 4) is 0 Å². The molecule has 0 radical (unpaired) electrons. The van der Waals surface area contributed by atoms with Crippen LogP contribution in [-0.4, -0.2) is 21.3 Å². The first-order chi connectivity index (χ1) is 7.48. The van der Waals surface area contributed by atoms with Gasteiger partial charge in [-0.25, -0.2) is 4.39 Å². The topological polar surface area (TPSA) is 18.5 Å². The lowest BCUT2D eigenvalue weighted by atomic mass is 10.2. The van der Waals surface area contributed by atoms with Crippen molar-refractivity contribution in [1.29, 1.82) is 0 Å². The Morgan fingerprint density at radius 2 is 1.81 bits per heavy atom. The van der Waals surface area contributed by atoms with Crippen LogP contribution in [0.2, 0.25) is 19.6 Å². The third-order valence-corrected chi connectivity index (χ3v) is 4.75. The molecule has 88 valence electrons. The molecular weight excluding hydrogens is 223 g/mol. The van der Waals surface area contributed by atoms with Gasteiger partial charge in [-0.15, -0.1) is 0 Å². The molecule has 1 heterocycles. The fourth-order valence-corrected chi connectivity index (χ4v) is 3.56. The van der Waals surface area contributed by atoms with E-state index >= 15 is 0 Å². The summed E-state index contributed by atoms with van der Waals surface area (Å²) in [6.07, 6.45) is -0.303. The zero-order chi connectivity index (χ0) is 11.8. The van der Waals surface area contributed by atoms with Gasteiger partial charge in [-0.3, -0.25) is 0 Å². The monoisotopic (exact) mass is 240 g/mol. The zero-order valence-electron chi connectivity index (χ0n) is 9.92. The fourth-order valence-electron chi connectivity index (χ4n) is 1.92. The first kappa shape index (κ1) is 11.8. The van der Waals surface area contributed by atoms with E-state index in [-0.39, 0.29) is 12.1 Å². The van der Waals surface area contributed by atoms with E-state index in [0.29, 0.717) is 13.2 Å². The first-order valence-corrected chi connectivity index (χ1v) is 9.01. The molecule has 2 nitrogen and oxygen atoms in total. The highest BCUT2D eigenvalue weighted by atomic mass is 28.3. The van der Waals surface area contributed by atoms with Gasteiger partial charge in [0.15, 0.2) is 6.29 Å². The average Bonchev–Trinajstić information content (AvgIpc) is 2.69. The number of halogens is 1. The summed E-state index contributed by atoms with van der Waals surface area (Å²) >= 11 is 0. The molecule has 0 atom stereocenters. The standard InChI is InChI=1S/C12H17FO2Si/c1-16(2,3)11-8-9(13)4-5-10(11)12-14-6-7-15-12/h4-5,8,12H,6-7H2,1-3H3. The Bertz CT molecular complexity index is 381. The van der Waals surface area contributed by atoms with Crippen molar-refractivity contribution in [2.45, 2.75) is 25.9 Å². The van der Waals surface area contributed by atoms with Gasteiger partial charge in [0.2, 0.25) is 0 Å². The first-order valence-electron chi connectivity index (χ1n) is 5.51. The Kier molecular flexibility index (Phi) is 3.14. The number of benzene rings is 1. The van der Waals surface area contributed by atoms with E-state index in [1.165, 1.54) is 6.07 Å². The summed E-state index contributed by atoms with van der Waals surface area (Å²) in [7, 11) is -1.58. The predicted octanol–water partition coefficient (Wildman–Crippen LogP) is 2.42. The van der Waals surface area contributed by atoms with Crippen molar-refractivity contribution in [2.24, 2.45) is 0 Å². The van der Waals surface area contributed by atoms with E-state index in [1.54, 1.807) is 12.1 Å². The van der Waals surface area contributed by atoms with Gasteiger partial charge >= 0.3 is 0 Å². The van der Waals surface area contributed by atoms with Crippen LogP contribution in [-0.2, 0) is 9.47 Å². The summed E-state index contributed by atoms with van der Waals surface area (Å²) in [4.78, 5) is 0. The van der Waals surface area contributed by atoms with Gasteiger partial charge in [0, 0.05) is 5.56 Å². The van der Waals surface area contributed by atoms with Crippen LogP contribution in [0.4, 0.5) is 4.39 Å². The van der Waals surface area contributed by atoms with Crippen LogP contribution in [0.25, 0.3) is 0 Å². The van der Waals surface area contributed by atoms with Gasteiger partial charge in [-0.1, -0.05) is 25.7 Å². The van der Waals surface area contributed by atoms with Crippen LogP contribution in [0.5, 0.6) is 0 Å². The molecule has 1 aromatic carbocycles. The lowest BCUT2D eigenvalue weighted by molar-refractivity contribution is -0.0434. The molecule has 0 bridgehead atoms. The van der Waals surface area contributed by atoms with Crippen LogP contribution in [0, 0.1) is 5.82 Å². The minimum absolute atomic E-state index is 0.181. The van der Waals surface area contributed by atoms with Crippen molar-refractivity contribution in [3.05, 3.63) is 29.6 Å². The summed E-state index contributed by atoms with van der Waals surface area (Å²) in [6, 6.07) is 4.90.